The Morgan fingerprint density at radius 2 is 1.54 bits per heavy atom. The summed E-state index contributed by atoms with van der Waals surface area (Å²) in [6.45, 7) is 4.88. The van der Waals surface area contributed by atoms with Gasteiger partial charge in [0, 0.05) is 0 Å². The normalized spacial score (nSPS) is 23.2. The topological polar surface area (TPSA) is 29.1 Å². The predicted molar refractivity (Wildman–Crippen MR) is 105 cm³/mol. The average Bonchev–Trinajstić information content (AvgIpc) is 3.02. The molecule has 0 aliphatic heterocycles. The molecule has 6 heteroatoms. The van der Waals surface area contributed by atoms with Crippen molar-refractivity contribution in [2.45, 2.75) is 50.2 Å². The molecule has 2 atom stereocenters. The zero-order chi connectivity index (χ0) is 18.3. The number of amides is 1. The van der Waals surface area contributed by atoms with Crippen LogP contribution in [0.5, 0.6) is 0 Å². The Bertz CT molecular complexity index is 801. The summed E-state index contributed by atoms with van der Waals surface area (Å²) >= 11 is 0.727. The summed E-state index contributed by atoms with van der Waals surface area (Å²) in [5.41, 5.74) is 5.73. The zero-order valence-corrected chi connectivity index (χ0v) is 22.6. The second-order valence-electron chi connectivity index (χ2n) is 8.20. The predicted octanol–water partition coefficient (Wildman–Crippen LogP) is -1.20. The molecule has 0 radical (unpaired) electrons. The number of hydrogen-bond acceptors (Lipinski definition) is 1. The Balaban J connectivity index is 0.00000140. The summed E-state index contributed by atoms with van der Waals surface area (Å²) < 4.78 is 3.22. The molecule has 0 saturated heterocycles. The first kappa shape index (κ1) is 23.9. The van der Waals surface area contributed by atoms with E-state index in [-0.39, 0.29) is 36.1 Å². The first-order valence-electron chi connectivity index (χ1n) is 9.76. The smallest absolute Gasteiger partial charge is 1.00 e. The van der Waals surface area contributed by atoms with E-state index in [4.69, 9.17) is 0 Å². The van der Waals surface area contributed by atoms with Gasteiger partial charge in [-0.2, -0.15) is 0 Å². The van der Waals surface area contributed by atoms with E-state index in [1.54, 1.807) is 0 Å². The third-order valence-corrected chi connectivity index (χ3v) is 10.1. The van der Waals surface area contributed by atoms with Crippen molar-refractivity contribution in [1.82, 2.24) is 3.30 Å². The van der Waals surface area contributed by atoms with E-state index in [1.807, 2.05) is 0 Å². The van der Waals surface area contributed by atoms with Gasteiger partial charge in [-0.15, -0.1) is 0 Å². The zero-order valence-electron chi connectivity index (χ0n) is 16.3. The summed E-state index contributed by atoms with van der Waals surface area (Å²) in [5, 5.41) is 0. The van der Waals surface area contributed by atoms with Crippen molar-refractivity contribution in [2.24, 2.45) is 5.41 Å². The van der Waals surface area contributed by atoms with Crippen molar-refractivity contribution in [2.75, 3.05) is 0 Å². The Labute approximate surface area is 197 Å². The molecule has 2 aromatic rings. The Kier molecular flexibility index (Phi) is 8.17. The molecule has 2 aromatic carbocycles. The molecule has 0 aromatic heterocycles. The second kappa shape index (κ2) is 9.59. The number of halogens is 2. The SMILES string of the molecule is C[SiH](C)C1CCCCC1(C(=O)[NH][Hf+2])C1c2ccccc2-c2ccccc21.[Cl-].[Cl-]. The molecule has 28 heavy (non-hydrogen) atoms. The molecule has 2 nitrogen and oxygen atoms in total. The van der Waals surface area contributed by atoms with Gasteiger partial charge in [0.25, 0.3) is 0 Å². The Morgan fingerprint density at radius 3 is 2.04 bits per heavy atom. The van der Waals surface area contributed by atoms with E-state index in [0.717, 1.165) is 31.1 Å². The molecule has 1 N–H and O–H groups in total. The van der Waals surface area contributed by atoms with Gasteiger partial charge in [0.05, 0.1) is 0 Å². The van der Waals surface area contributed by atoms with E-state index in [0.29, 0.717) is 11.4 Å². The standard InChI is InChI=1S/C22H27NOSi.2ClH.Hf/c1-25(2)19-13-7-8-14-22(19,21(23)24)20-17-11-5-3-9-15(17)16-10-4-6-12-18(16)20;;;/h3-6,9-12,19-20,25H,7-8,13-14H2,1-2H3,(H2,23,24);2*1H;/q;;;+3/p-3. The molecular formula is C22H26Cl2HfNOSi. The van der Waals surface area contributed by atoms with Crippen LogP contribution in [0.15, 0.2) is 48.5 Å². The van der Waals surface area contributed by atoms with Gasteiger partial charge in [0.15, 0.2) is 0 Å². The molecule has 1 amide bonds. The van der Waals surface area contributed by atoms with Gasteiger partial charge in [-0.1, -0.05) is 0 Å². The molecule has 2 aliphatic carbocycles. The molecule has 4 rings (SSSR count). The van der Waals surface area contributed by atoms with E-state index >= 15 is 0 Å². The van der Waals surface area contributed by atoms with Gasteiger partial charge < -0.3 is 24.8 Å². The number of carbonyl (C=O) groups is 1. The summed E-state index contributed by atoms with van der Waals surface area (Å²) in [6.07, 6.45) is 4.71. The third kappa shape index (κ3) is 3.59. The number of benzene rings is 2. The van der Waals surface area contributed by atoms with E-state index in [2.05, 4.69) is 64.9 Å². The van der Waals surface area contributed by atoms with E-state index in [9.17, 15) is 4.79 Å². The maximum absolute atomic E-state index is 13.6. The second-order valence-corrected chi connectivity index (χ2v) is 12.4. The van der Waals surface area contributed by atoms with Crippen LogP contribution in [0.2, 0.25) is 18.6 Å². The van der Waals surface area contributed by atoms with E-state index in [1.165, 1.54) is 41.5 Å². The van der Waals surface area contributed by atoms with Crippen LogP contribution in [0.1, 0.15) is 42.7 Å². The minimum absolute atomic E-state index is 0. The Morgan fingerprint density at radius 1 is 1.00 bits per heavy atom. The summed E-state index contributed by atoms with van der Waals surface area (Å²) in [6, 6.07) is 17.6. The van der Waals surface area contributed by atoms with Crippen molar-refractivity contribution in [3.63, 3.8) is 0 Å². The largest absolute Gasteiger partial charge is 1.00 e. The van der Waals surface area contributed by atoms with Crippen molar-refractivity contribution < 1.29 is 54.3 Å². The van der Waals surface area contributed by atoms with Gasteiger partial charge in [-0.25, -0.2) is 0 Å². The quantitative estimate of drug-likeness (QED) is 0.443. The van der Waals surface area contributed by atoms with Crippen LogP contribution in [0, 0.1) is 5.41 Å². The number of fused-ring (bicyclic) bond motifs is 3. The van der Waals surface area contributed by atoms with Crippen LogP contribution >= 0.6 is 0 Å². The van der Waals surface area contributed by atoms with E-state index < -0.39 is 8.80 Å². The monoisotopic (exact) mass is 598 g/mol. The molecular weight excluding hydrogens is 572 g/mol. The summed E-state index contributed by atoms with van der Waals surface area (Å²) in [7, 11) is -0.977. The van der Waals surface area contributed by atoms with Crippen LogP contribution < -0.4 is 28.1 Å². The molecule has 1 saturated carbocycles. The molecule has 0 bridgehead atoms. The third-order valence-electron chi connectivity index (χ3n) is 6.71. The summed E-state index contributed by atoms with van der Waals surface area (Å²) in [4.78, 5) is 13.6. The minimum atomic E-state index is -0.977. The first-order chi connectivity index (χ1) is 12.6. The minimum Gasteiger partial charge on any atom is -1.00 e. The van der Waals surface area contributed by atoms with Gasteiger partial charge >= 0.3 is 174 Å². The van der Waals surface area contributed by atoms with Crippen molar-refractivity contribution in [1.29, 1.82) is 0 Å². The fraction of sp³-hybridized carbons (Fsp3) is 0.409. The summed E-state index contributed by atoms with van der Waals surface area (Å²) in [5.74, 6) is 0.538. The maximum atomic E-state index is 13.6. The van der Waals surface area contributed by atoms with Crippen molar-refractivity contribution >= 4 is 14.7 Å². The van der Waals surface area contributed by atoms with Gasteiger partial charge in [-0.05, 0) is 0 Å². The van der Waals surface area contributed by atoms with Gasteiger partial charge in [0.1, 0.15) is 0 Å². The number of hydrogen-bond donors (Lipinski definition) is 1. The van der Waals surface area contributed by atoms with Crippen LogP contribution in [0.4, 0.5) is 0 Å². The van der Waals surface area contributed by atoms with Crippen LogP contribution in [0.3, 0.4) is 0 Å². The number of rotatable bonds is 3. The fourth-order valence-electron chi connectivity index (χ4n) is 5.75. The van der Waals surface area contributed by atoms with Crippen LogP contribution in [-0.2, 0) is 29.5 Å². The molecule has 2 unspecified atom stereocenters. The van der Waals surface area contributed by atoms with Gasteiger partial charge in [-0.3, -0.25) is 0 Å². The maximum Gasteiger partial charge on any atom is -1.00 e. The van der Waals surface area contributed by atoms with Crippen molar-refractivity contribution in [3.05, 3.63) is 59.7 Å². The van der Waals surface area contributed by atoms with Crippen LogP contribution in [0.25, 0.3) is 11.1 Å². The van der Waals surface area contributed by atoms with Crippen LogP contribution in [-0.4, -0.2) is 14.7 Å². The Hall–Kier alpha value is -0.423. The molecule has 2 aliphatic rings. The number of nitrogens with one attached hydrogen (secondary N) is 1. The van der Waals surface area contributed by atoms with Crippen molar-refractivity contribution in [3.8, 4) is 11.1 Å². The molecule has 0 spiro atoms. The molecule has 1 fully saturated rings. The number of carbonyl (C=O) groups excluding carboxylic acids is 1. The molecule has 0 heterocycles. The van der Waals surface area contributed by atoms with Gasteiger partial charge in [0.2, 0.25) is 0 Å². The average molecular weight is 598 g/mol. The first-order valence-corrected chi connectivity index (χ1v) is 14.5. The fourth-order valence-corrected chi connectivity index (χ4v) is 9.19. The molecule has 147 valence electrons.